The molecule has 0 saturated carbocycles. The van der Waals surface area contributed by atoms with Gasteiger partial charge in [-0.15, -0.1) is 0 Å². The zero-order chi connectivity index (χ0) is 14.0. The van der Waals surface area contributed by atoms with Crippen LogP contribution in [0, 0.1) is 0 Å². The van der Waals surface area contributed by atoms with Gasteiger partial charge in [0.05, 0.1) is 24.6 Å². The van der Waals surface area contributed by atoms with E-state index in [2.05, 4.69) is 20.3 Å². The molecular weight excluding hydrogens is 250 g/mol. The number of carbonyl (C=O) groups is 2. The number of esters is 1. The third kappa shape index (κ3) is 2.62. The number of nitrogens with zero attached hydrogens (tertiary/aromatic N) is 4. The molecule has 2 aromatic rings. The number of nitrogens with one attached hydrogen (secondary N) is 1. The zero-order valence-electron chi connectivity index (χ0n) is 10.7. The smallest absolute Gasteiger partial charge is 0.360 e. The molecule has 1 amide bonds. The van der Waals surface area contributed by atoms with Crippen LogP contribution in [-0.4, -0.2) is 38.5 Å². The zero-order valence-corrected chi connectivity index (χ0v) is 10.7. The average Bonchev–Trinajstić information content (AvgIpc) is 2.95. The fraction of sp³-hybridized carbons (Fsp3) is 0.273. The maximum absolute atomic E-state index is 11.9. The minimum atomic E-state index is -0.609. The van der Waals surface area contributed by atoms with Gasteiger partial charge in [0.2, 0.25) is 0 Å². The Kier molecular flexibility index (Phi) is 3.32. The lowest BCUT2D eigenvalue weighted by atomic mass is 10.3. The van der Waals surface area contributed by atoms with Crippen molar-refractivity contribution in [2.24, 2.45) is 14.1 Å². The van der Waals surface area contributed by atoms with Gasteiger partial charge >= 0.3 is 5.97 Å². The van der Waals surface area contributed by atoms with E-state index in [-0.39, 0.29) is 11.6 Å². The molecule has 19 heavy (non-hydrogen) atoms. The number of ether oxygens (including phenoxy) is 1. The topological polar surface area (TPSA) is 91.0 Å². The number of aryl methyl sites for hydroxylation is 2. The van der Waals surface area contributed by atoms with Crippen LogP contribution in [0.2, 0.25) is 0 Å². The molecule has 0 aromatic carbocycles. The number of methoxy groups -OCH3 is 1. The molecule has 0 aliphatic heterocycles. The Hall–Kier alpha value is -2.64. The van der Waals surface area contributed by atoms with Crippen LogP contribution in [0.3, 0.4) is 0 Å². The van der Waals surface area contributed by atoms with Gasteiger partial charge in [0.25, 0.3) is 5.91 Å². The molecule has 0 unspecified atom stereocenters. The molecule has 100 valence electrons. The third-order valence-corrected chi connectivity index (χ3v) is 2.42. The van der Waals surface area contributed by atoms with Gasteiger partial charge in [0.15, 0.2) is 5.69 Å². The number of anilines is 1. The number of rotatable bonds is 3. The van der Waals surface area contributed by atoms with Crippen LogP contribution >= 0.6 is 0 Å². The predicted octanol–water partition coefficient (Wildman–Crippen LogP) is 0.192. The first-order chi connectivity index (χ1) is 9.01. The second-order valence-corrected chi connectivity index (χ2v) is 3.91. The van der Waals surface area contributed by atoms with Gasteiger partial charge in [0.1, 0.15) is 0 Å². The highest BCUT2D eigenvalue weighted by atomic mass is 16.5. The van der Waals surface area contributed by atoms with Crippen molar-refractivity contribution in [1.29, 1.82) is 0 Å². The maximum atomic E-state index is 11.9. The molecule has 0 bridgehead atoms. The first kappa shape index (κ1) is 12.8. The minimum Gasteiger partial charge on any atom is -0.464 e. The summed E-state index contributed by atoms with van der Waals surface area (Å²) in [7, 11) is 4.61. The summed E-state index contributed by atoms with van der Waals surface area (Å²) in [4.78, 5) is 23.5. The van der Waals surface area contributed by atoms with Crippen molar-refractivity contribution in [2.45, 2.75) is 0 Å². The Labute approximate surface area is 109 Å². The quantitative estimate of drug-likeness (QED) is 0.798. The standard InChI is InChI=1S/C11H13N5O3/c1-15-5-7(4-12-15)10(17)13-8-6-16(2)14-9(8)11(18)19-3/h4-6H,1-3H3,(H,13,17). The Balaban J connectivity index is 2.24. The van der Waals surface area contributed by atoms with E-state index in [0.29, 0.717) is 11.3 Å². The third-order valence-electron chi connectivity index (χ3n) is 2.42. The fourth-order valence-corrected chi connectivity index (χ4v) is 1.56. The number of hydrogen-bond donors (Lipinski definition) is 1. The summed E-state index contributed by atoms with van der Waals surface area (Å²) in [5, 5.41) is 10.4. The molecule has 0 radical (unpaired) electrons. The van der Waals surface area contributed by atoms with Crippen molar-refractivity contribution in [1.82, 2.24) is 19.6 Å². The van der Waals surface area contributed by atoms with E-state index in [4.69, 9.17) is 0 Å². The molecule has 1 N–H and O–H groups in total. The molecule has 2 rings (SSSR count). The van der Waals surface area contributed by atoms with E-state index < -0.39 is 5.97 Å². The molecule has 2 aromatic heterocycles. The van der Waals surface area contributed by atoms with Gasteiger partial charge < -0.3 is 10.1 Å². The first-order valence-corrected chi connectivity index (χ1v) is 5.43. The van der Waals surface area contributed by atoms with Gasteiger partial charge in [-0.1, -0.05) is 0 Å². The second kappa shape index (κ2) is 4.92. The summed E-state index contributed by atoms with van der Waals surface area (Å²) in [6.07, 6.45) is 4.54. The van der Waals surface area contributed by atoms with Gasteiger partial charge in [-0.2, -0.15) is 10.2 Å². The number of hydrogen-bond acceptors (Lipinski definition) is 5. The van der Waals surface area contributed by atoms with Crippen LogP contribution in [0.4, 0.5) is 5.69 Å². The molecule has 2 heterocycles. The average molecular weight is 263 g/mol. The summed E-state index contributed by atoms with van der Waals surface area (Å²) in [6.45, 7) is 0. The Bertz CT molecular complexity index is 628. The summed E-state index contributed by atoms with van der Waals surface area (Å²) in [6, 6.07) is 0. The molecule has 8 nitrogen and oxygen atoms in total. The van der Waals surface area contributed by atoms with E-state index in [9.17, 15) is 9.59 Å². The van der Waals surface area contributed by atoms with Crippen molar-refractivity contribution in [3.05, 3.63) is 29.8 Å². The molecule has 0 spiro atoms. The van der Waals surface area contributed by atoms with Crippen LogP contribution in [0.25, 0.3) is 0 Å². The number of amides is 1. The molecule has 8 heteroatoms. The molecule has 0 atom stereocenters. The predicted molar refractivity (Wildman–Crippen MR) is 65.7 cm³/mol. The van der Waals surface area contributed by atoms with Crippen molar-refractivity contribution in [2.75, 3.05) is 12.4 Å². The lowest BCUT2D eigenvalue weighted by molar-refractivity contribution is 0.0594. The Morgan fingerprint density at radius 1 is 1.26 bits per heavy atom. The summed E-state index contributed by atoms with van der Waals surface area (Å²) in [5.41, 5.74) is 0.743. The monoisotopic (exact) mass is 263 g/mol. The van der Waals surface area contributed by atoms with Crippen LogP contribution in [0.1, 0.15) is 20.8 Å². The van der Waals surface area contributed by atoms with Crippen LogP contribution in [0.5, 0.6) is 0 Å². The highest BCUT2D eigenvalue weighted by molar-refractivity contribution is 6.07. The van der Waals surface area contributed by atoms with Gasteiger partial charge in [-0.25, -0.2) is 4.79 Å². The highest BCUT2D eigenvalue weighted by Crippen LogP contribution is 2.15. The molecule has 0 saturated heterocycles. The SMILES string of the molecule is COC(=O)c1nn(C)cc1NC(=O)c1cnn(C)c1. The van der Waals surface area contributed by atoms with Gasteiger partial charge in [-0.05, 0) is 0 Å². The molecule has 0 aliphatic rings. The van der Waals surface area contributed by atoms with Crippen LogP contribution < -0.4 is 5.32 Å². The largest absolute Gasteiger partial charge is 0.464 e. The van der Waals surface area contributed by atoms with Crippen molar-refractivity contribution in [3.63, 3.8) is 0 Å². The molecule has 0 fully saturated rings. The molecular formula is C11H13N5O3. The van der Waals surface area contributed by atoms with Crippen molar-refractivity contribution < 1.29 is 14.3 Å². The second-order valence-electron chi connectivity index (χ2n) is 3.91. The molecule has 0 aliphatic carbocycles. The van der Waals surface area contributed by atoms with Gasteiger partial charge in [-0.3, -0.25) is 14.2 Å². The number of aromatic nitrogens is 4. The van der Waals surface area contributed by atoms with Gasteiger partial charge in [0, 0.05) is 26.5 Å². The normalized spacial score (nSPS) is 10.3. The lowest BCUT2D eigenvalue weighted by Gasteiger charge is -2.02. The van der Waals surface area contributed by atoms with E-state index in [0.717, 1.165) is 0 Å². The fourth-order valence-electron chi connectivity index (χ4n) is 1.56. The number of carbonyl (C=O) groups excluding carboxylic acids is 2. The van der Waals surface area contributed by atoms with E-state index >= 15 is 0 Å². The maximum Gasteiger partial charge on any atom is 0.360 e. The highest BCUT2D eigenvalue weighted by Gasteiger charge is 2.19. The summed E-state index contributed by atoms with van der Waals surface area (Å²) in [5.74, 6) is -0.978. The van der Waals surface area contributed by atoms with Crippen molar-refractivity contribution in [3.8, 4) is 0 Å². The van der Waals surface area contributed by atoms with E-state index in [1.165, 1.54) is 28.9 Å². The minimum absolute atomic E-state index is 0.0576. The summed E-state index contributed by atoms with van der Waals surface area (Å²) >= 11 is 0. The van der Waals surface area contributed by atoms with Crippen LogP contribution in [0.15, 0.2) is 18.6 Å². The Morgan fingerprint density at radius 2 is 2.00 bits per heavy atom. The lowest BCUT2D eigenvalue weighted by Crippen LogP contribution is -2.14. The summed E-state index contributed by atoms with van der Waals surface area (Å²) < 4.78 is 7.53. The van der Waals surface area contributed by atoms with Crippen molar-refractivity contribution >= 4 is 17.6 Å². The Morgan fingerprint density at radius 3 is 2.58 bits per heavy atom. The van der Waals surface area contributed by atoms with Crippen LogP contribution in [-0.2, 0) is 18.8 Å². The first-order valence-electron chi connectivity index (χ1n) is 5.43. The van der Waals surface area contributed by atoms with E-state index in [1.807, 2.05) is 0 Å². The van der Waals surface area contributed by atoms with E-state index in [1.54, 1.807) is 20.3 Å².